The van der Waals surface area contributed by atoms with E-state index in [1.807, 2.05) is 26.1 Å². The van der Waals surface area contributed by atoms with Crippen molar-refractivity contribution in [1.29, 1.82) is 0 Å². The van der Waals surface area contributed by atoms with Crippen LogP contribution in [-0.4, -0.2) is 50.8 Å². The Morgan fingerprint density at radius 3 is 2.26 bits per heavy atom. The third kappa shape index (κ3) is 3.92. The minimum absolute atomic E-state index is 0. The van der Waals surface area contributed by atoms with Crippen LogP contribution < -0.4 is 0 Å². The van der Waals surface area contributed by atoms with E-state index < -0.39 is 10.0 Å². The highest BCUT2D eigenvalue weighted by atomic mass is 35.5. The molecule has 2 rings (SSSR count). The second kappa shape index (κ2) is 6.70. The Morgan fingerprint density at radius 1 is 1.00 bits per heavy atom. The van der Waals surface area contributed by atoms with Gasteiger partial charge in [0.15, 0.2) is 0 Å². The van der Waals surface area contributed by atoms with E-state index in [-0.39, 0.29) is 12.4 Å². The standard InChI is InChI=1S/C13H20N2O2S.ClH/c1-12-4-6-13(7-5-12)18(16,17)15-9-3-8-14(2)10-11-15;/h4-7H,3,8-11H2,1-2H3;1H. The van der Waals surface area contributed by atoms with Gasteiger partial charge in [-0.15, -0.1) is 12.4 Å². The fourth-order valence-corrected chi connectivity index (χ4v) is 3.59. The quantitative estimate of drug-likeness (QED) is 0.836. The number of halogens is 1. The van der Waals surface area contributed by atoms with Gasteiger partial charge in [0.2, 0.25) is 10.0 Å². The van der Waals surface area contributed by atoms with Gasteiger partial charge in [-0.1, -0.05) is 17.7 Å². The Hall–Kier alpha value is -0.620. The minimum atomic E-state index is -3.32. The maximum atomic E-state index is 12.5. The van der Waals surface area contributed by atoms with Crippen LogP contribution in [0.25, 0.3) is 0 Å². The van der Waals surface area contributed by atoms with Crippen molar-refractivity contribution in [3.8, 4) is 0 Å². The molecule has 1 heterocycles. The number of sulfonamides is 1. The normalized spacial score (nSPS) is 18.6. The Labute approximate surface area is 121 Å². The van der Waals surface area contributed by atoms with Crippen molar-refractivity contribution in [3.05, 3.63) is 29.8 Å². The first-order valence-corrected chi connectivity index (χ1v) is 7.69. The molecule has 0 bridgehead atoms. The fraction of sp³-hybridized carbons (Fsp3) is 0.538. The smallest absolute Gasteiger partial charge is 0.243 e. The molecule has 0 saturated carbocycles. The lowest BCUT2D eigenvalue weighted by Crippen LogP contribution is -2.34. The van der Waals surface area contributed by atoms with Gasteiger partial charge in [0, 0.05) is 19.6 Å². The SMILES string of the molecule is Cc1ccc(S(=O)(=O)N2CCCN(C)CC2)cc1.Cl. The van der Waals surface area contributed by atoms with Crippen LogP contribution in [0.15, 0.2) is 29.2 Å². The second-order valence-electron chi connectivity index (χ2n) is 4.87. The lowest BCUT2D eigenvalue weighted by atomic mass is 10.2. The molecular weight excluding hydrogens is 284 g/mol. The summed E-state index contributed by atoms with van der Waals surface area (Å²) in [6.07, 6.45) is 0.890. The van der Waals surface area contributed by atoms with Crippen LogP contribution in [0.1, 0.15) is 12.0 Å². The molecule has 108 valence electrons. The Kier molecular flexibility index (Phi) is 5.80. The molecule has 0 aliphatic carbocycles. The predicted molar refractivity (Wildman–Crippen MR) is 79.3 cm³/mol. The van der Waals surface area contributed by atoms with E-state index in [1.165, 1.54) is 0 Å². The topological polar surface area (TPSA) is 40.6 Å². The van der Waals surface area contributed by atoms with E-state index in [1.54, 1.807) is 16.4 Å². The zero-order chi connectivity index (χ0) is 13.2. The van der Waals surface area contributed by atoms with E-state index in [4.69, 9.17) is 0 Å². The first kappa shape index (κ1) is 16.4. The number of aryl methyl sites for hydroxylation is 1. The number of benzene rings is 1. The lowest BCUT2D eigenvalue weighted by Gasteiger charge is -2.20. The average Bonchev–Trinajstić information content (AvgIpc) is 2.55. The highest BCUT2D eigenvalue weighted by Gasteiger charge is 2.25. The van der Waals surface area contributed by atoms with Crippen molar-refractivity contribution in [2.75, 3.05) is 33.2 Å². The molecule has 19 heavy (non-hydrogen) atoms. The largest absolute Gasteiger partial charge is 0.305 e. The maximum Gasteiger partial charge on any atom is 0.243 e. The Morgan fingerprint density at radius 2 is 1.63 bits per heavy atom. The highest BCUT2D eigenvalue weighted by molar-refractivity contribution is 7.89. The molecule has 1 aliphatic rings. The number of nitrogens with zero attached hydrogens (tertiary/aromatic N) is 2. The predicted octanol–water partition coefficient (Wildman–Crippen LogP) is 1.74. The Balaban J connectivity index is 0.00000180. The molecule has 1 aromatic carbocycles. The first-order valence-electron chi connectivity index (χ1n) is 6.25. The number of hydrogen-bond acceptors (Lipinski definition) is 3. The zero-order valence-corrected chi connectivity index (χ0v) is 13.0. The van der Waals surface area contributed by atoms with Gasteiger partial charge in [-0.2, -0.15) is 4.31 Å². The summed E-state index contributed by atoms with van der Waals surface area (Å²) in [5.41, 5.74) is 1.07. The maximum absolute atomic E-state index is 12.5. The van der Waals surface area contributed by atoms with Crippen LogP contribution in [0.2, 0.25) is 0 Å². The molecule has 4 nitrogen and oxygen atoms in total. The molecule has 6 heteroatoms. The molecular formula is C13H21ClN2O2S. The van der Waals surface area contributed by atoms with Crippen molar-refractivity contribution in [3.63, 3.8) is 0 Å². The van der Waals surface area contributed by atoms with Gasteiger partial charge >= 0.3 is 0 Å². The van der Waals surface area contributed by atoms with Gasteiger partial charge in [0.05, 0.1) is 4.90 Å². The summed E-state index contributed by atoms with van der Waals surface area (Å²) in [6, 6.07) is 7.08. The molecule has 0 atom stereocenters. The van der Waals surface area contributed by atoms with E-state index in [2.05, 4.69) is 4.90 Å². The molecule has 1 fully saturated rings. The van der Waals surface area contributed by atoms with Crippen LogP contribution in [-0.2, 0) is 10.0 Å². The summed E-state index contributed by atoms with van der Waals surface area (Å²) >= 11 is 0. The summed E-state index contributed by atoms with van der Waals surface area (Å²) in [5.74, 6) is 0. The van der Waals surface area contributed by atoms with Gasteiger partial charge in [0.25, 0.3) is 0 Å². The Bertz CT molecular complexity index is 502. The summed E-state index contributed by atoms with van der Waals surface area (Å²) < 4.78 is 26.5. The molecule has 1 aromatic rings. The first-order chi connectivity index (χ1) is 8.50. The second-order valence-corrected chi connectivity index (χ2v) is 6.81. The molecule has 0 amide bonds. The van der Waals surface area contributed by atoms with Crippen molar-refractivity contribution in [2.24, 2.45) is 0 Å². The van der Waals surface area contributed by atoms with Crippen LogP contribution in [0.3, 0.4) is 0 Å². The van der Waals surface area contributed by atoms with Gasteiger partial charge in [0.1, 0.15) is 0 Å². The third-order valence-corrected chi connectivity index (χ3v) is 5.25. The average molecular weight is 305 g/mol. The molecule has 0 N–H and O–H groups in total. The molecule has 0 radical (unpaired) electrons. The third-order valence-electron chi connectivity index (χ3n) is 3.34. The molecule has 1 saturated heterocycles. The zero-order valence-electron chi connectivity index (χ0n) is 11.4. The van der Waals surface area contributed by atoms with E-state index in [0.717, 1.165) is 25.1 Å². The minimum Gasteiger partial charge on any atom is -0.305 e. The van der Waals surface area contributed by atoms with Crippen LogP contribution in [0, 0.1) is 6.92 Å². The van der Waals surface area contributed by atoms with Crippen LogP contribution in [0.4, 0.5) is 0 Å². The van der Waals surface area contributed by atoms with Gasteiger partial charge in [-0.25, -0.2) is 8.42 Å². The van der Waals surface area contributed by atoms with Gasteiger partial charge < -0.3 is 4.90 Å². The molecule has 0 unspecified atom stereocenters. The number of likely N-dealkylation sites (N-methyl/N-ethyl adjacent to an activating group) is 1. The lowest BCUT2D eigenvalue weighted by molar-refractivity contribution is 0.347. The van der Waals surface area contributed by atoms with Crippen LogP contribution in [0.5, 0.6) is 0 Å². The summed E-state index contributed by atoms with van der Waals surface area (Å²) in [5, 5.41) is 0. The number of hydrogen-bond donors (Lipinski definition) is 0. The highest BCUT2D eigenvalue weighted by Crippen LogP contribution is 2.17. The van der Waals surface area contributed by atoms with Gasteiger partial charge in [-0.3, -0.25) is 0 Å². The van der Waals surface area contributed by atoms with E-state index >= 15 is 0 Å². The summed E-state index contributed by atoms with van der Waals surface area (Å²) in [6.45, 7) is 4.90. The monoisotopic (exact) mass is 304 g/mol. The molecule has 1 aliphatic heterocycles. The molecule has 0 spiro atoms. The summed E-state index contributed by atoms with van der Waals surface area (Å²) in [4.78, 5) is 2.57. The van der Waals surface area contributed by atoms with E-state index in [9.17, 15) is 8.42 Å². The van der Waals surface area contributed by atoms with Gasteiger partial charge in [-0.05, 0) is 39.1 Å². The molecule has 0 aromatic heterocycles. The fourth-order valence-electron chi connectivity index (χ4n) is 2.12. The van der Waals surface area contributed by atoms with Crippen molar-refractivity contribution >= 4 is 22.4 Å². The van der Waals surface area contributed by atoms with Crippen LogP contribution >= 0.6 is 12.4 Å². The van der Waals surface area contributed by atoms with E-state index in [0.29, 0.717) is 18.0 Å². The van der Waals surface area contributed by atoms with Crippen molar-refractivity contribution in [2.45, 2.75) is 18.2 Å². The number of rotatable bonds is 2. The van der Waals surface area contributed by atoms with Crippen molar-refractivity contribution in [1.82, 2.24) is 9.21 Å². The summed E-state index contributed by atoms with van der Waals surface area (Å²) in [7, 11) is -1.29. The van der Waals surface area contributed by atoms with Crippen molar-refractivity contribution < 1.29 is 8.42 Å².